The average molecular weight is 418 g/mol. The molecular formula is C23H23FN6O. The fourth-order valence-corrected chi connectivity index (χ4v) is 4.29. The second kappa shape index (κ2) is 7.94. The zero-order chi connectivity index (χ0) is 21.4. The average Bonchev–Trinajstić information content (AvgIpc) is 3.48. The Hall–Kier alpha value is -3.55. The zero-order valence-electron chi connectivity index (χ0n) is 17.2. The molecule has 4 aromatic rings. The highest BCUT2D eigenvalue weighted by molar-refractivity contribution is 5.97. The van der Waals surface area contributed by atoms with Crippen LogP contribution in [0.1, 0.15) is 43.0 Å². The number of anilines is 1. The van der Waals surface area contributed by atoms with Crippen LogP contribution in [-0.2, 0) is 18.3 Å². The van der Waals surface area contributed by atoms with Crippen molar-refractivity contribution in [3.05, 3.63) is 60.2 Å². The maximum atomic E-state index is 14.2. The van der Waals surface area contributed by atoms with Gasteiger partial charge in [0.1, 0.15) is 23.5 Å². The van der Waals surface area contributed by atoms with E-state index in [2.05, 4.69) is 25.3 Å². The largest absolute Gasteiger partial charge is 0.357 e. The third kappa shape index (κ3) is 4.05. The lowest BCUT2D eigenvalue weighted by Gasteiger charge is -2.07. The summed E-state index contributed by atoms with van der Waals surface area (Å²) in [7, 11) is 1.91. The van der Waals surface area contributed by atoms with Crippen molar-refractivity contribution >= 4 is 22.9 Å². The molecule has 0 saturated heterocycles. The molecule has 1 aliphatic rings. The third-order valence-corrected chi connectivity index (χ3v) is 5.79. The van der Waals surface area contributed by atoms with Crippen molar-refractivity contribution < 1.29 is 9.18 Å². The lowest BCUT2D eigenvalue weighted by atomic mass is 10.0. The van der Waals surface area contributed by atoms with E-state index in [0.717, 1.165) is 29.8 Å². The minimum Gasteiger partial charge on any atom is -0.357 e. The van der Waals surface area contributed by atoms with Crippen molar-refractivity contribution in [2.24, 2.45) is 7.05 Å². The molecule has 0 aliphatic heterocycles. The van der Waals surface area contributed by atoms with Crippen molar-refractivity contribution in [1.82, 2.24) is 24.5 Å². The van der Waals surface area contributed by atoms with E-state index in [4.69, 9.17) is 0 Å². The Morgan fingerprint density at radius 3 is 2.84 bits per heavy atom. The molecule has 5 rings (SSSR count). The Morgan fingerprint density at radius 2 is 2.06 bits per heavy atom. The zero-order valence-corrected chi connectivity index (χ0v) is 17.2. The van der Waals surface area contributed by atoms with Crippen LogP contribution in [0, 0.1) is 5.82 Å². The molecule has 8 heteroatoms. The minimum atomic E-state index is -0.372. The van der Waals surface area contributed by atoms with Crippen molar-refractivity contribution in [3.63, 3.8) is 0 Å². The molecular weight excluding hydrogens is 395 g/mol. The van der Waals surface area contributed by atoms with Crippen LogP contribution in [0.25, 0.3) is 22.3 Å². The molecule has 3 heterocycles. The van der Waals surface area contributed by atoms with Gasteiger partial charge in [-0.15, -0.1) is 0 Å². The van der Waals surface area contributed by atoms with Gasteiger partial charge in [-0.25, -0.2) is 19.3 Å². The van der Waals surface area contributed by atoms with Crippen LogP contribution in [0.15, 0.2) is 43.0 Å². The number of imidazole rings is 1. The van der Waals surface area contributed by atoms with Gasteiger partial charge < -0.3 is 14.9 Å². The van der Waals surface area contributed by atoms with Gasteiger partial charge in [0, 0.05) is 25.4 Å². The number of amides is 1. The highest BCUT2D eigenvalue weighted by Crippen LogP contribution is 2.33. The number of carbonyl (C=O) groups is 1. The SMILES string of the molecule is Cn1ccc(-c2cc(F)cc(CC(=O)Nc3ncnc4nc(C5CCCC5)[nH]c34)c2)c1. The van der Waals surface area contributed by atoms with Gasteiger partial charge in [-0.1, -0.05) is 18.9 Å². The molecule has 0 spiro atoms. The second-order valence-electron chi connectivity index (χ2n) is 8.16. The molecule has 1 fully saturated rings. The number of aryl methyl sites for hydroxylation is 1. The number of hydrogen-bond acceptors (Lipinski definition) is 4. The number of aromatic nitrogens is 5. The molecule has 2 N–H and O–H groups in total. The molecule has 7 nitrogen and oxygen atoms in total. The number of rotatable bonds is 5. The molecule has 1 amide bonds. The van der Waals surface area contributed by atoms with Crippen molar-refractivity contribution in [2.45, 2.75) is 38.0 Å². The highest BCUT2D eigenvalue weighted by Gasteiger charge is 2.22. The van der Waals surface area contributed by atoms with E-state index < -0.39 is 0 Å². The smallest absolute Gasteiger partial charge is 0.230 e. The van der Waals surface area contributed by atoms with Crippen molar-refractivity contribution in [2.75, 3.05) is 5.32 Å². The monoisotopic (exact) mass is 418 g/mol. The van der Waals surface area contributed by atoms with Crippen LogP contribution in [0.4, 0.5) is 10.2 Å². The predicted octanol–water partition coefficient (Wildman–Crippen LogP) is 4.34. The fourth-order valence-electron chi connectivity index (χ4n) is 4.29. The van der Waals surface area contributed by atoms with E-state index in [1.807, 2.05) is 36.1 Å². The molecule has 0 radical (unpaired) electrons. The van der Waals surface area contributed by atoms with Gasteiger partial charge in [0.25, 0.3) is 0 Å². The summed E-state index contributed by atoms with van der Waals surface area (Å²) in [6.07, 6.45) is 9.87. The summed E-state index contributed by atoms with van der Waals surface area (Å²) < 4.78 is 16.1. The molecule has 158 valence electrons. The maximum absolute atomic E-state index is 14.2. The number of nitrogens with one attached hydrogen (secondary N) is 2. The summed E-state index contributed by atoms with van der Waals surface area (Å²) >= 11 is 0. The van der Waals surface area contributed by atoms with E-state index in [0.29, 0.717) is 28.5 Å². The first-order valence-corrected chi connectivity index (χ1v) is 10.5. The molecule has 1 saturated carbocycles. The Labute approximate surface area is 178 Å². The van der Waals surface area contributed by atoms with Crippen molar-refractivity contribution in [3.8, 4) is 11.1 Å². The quantitative estimate of drug-likeness (QED) is 0.505. The van der Waals surface area contributed by atoms with Crippen LogP contribution in [0.3, 0.4) is 0 Å². The van der Waals surface area contributed by atoms with Crippen LogP contribution >= 0.6 is 0 Å². The summed E-state index contributed by atoms with van der Waals surface area (Å²) in [4.78, 5) is 29.1. The standard InChI is InChI=1S/C23H23FN6O/c1-30-7-6-16(12-30)17-8-14(9-18(24)11-17)10-19(31)27-22-20-23(26-13-25-22)29-21(28-20)15-4-2-3-5-15/h6-9,11-13,15H,2-5,10H2,1H3,(H2,25,26,27,28,29,31). The number of aromatic amines is 1. The summed E-state index contributed by atoms with van der Waals surface area (Å²) in [5.74, 6) is 1.05. The van der Waals surface area contributed by atoms with Crippen LogP contribution < -0.4 is 5.32 Å². The first-order chi connectivity index (χ1) is 15.0. The Balaban J connectivity index is 1.36. The summed E-state index contributed by atoms with van der Waals surface area (Å²) in [5.41, 5.74) is 3.41. The molecule has 3 aromatic heterocycles. The van der Waals surface area contributed by atoms with E-state index in [-0.39, 0.29) is 18.1 Å². The predicted molar refractivity (Wildman–Crippen MR) is 116 cm³/mol. The van der Waals surface area contributed by atoms with Crippen LogP contribution in [-0.4, -0.2) is 30.4 Å². The second-order valence-corrected chi connectivity index (χ2v) is 8.16. The van der Waals surface area contributed by atoms with E-state index in [9.17, 15) is 9.18 Å². The topological polar surface area (TPSA) is 88.5 Å². The molecule has 0 atom stereocenters. The third-order valence-electron chi connectivity index (χ3n) is 5.79. The van der Waals surface area contributed by atoms with Gasteiger partial charge >= 0.3 is 0 Å². The summed E-state index contributed by atoms with van der Waals surface area (Å²) in [5, 5.41) is 2.83. The number of benzene rings is 1. The normalized spacial score (nSPS) is 14.4. The van der Waals surface area contributed by atoms with E-state index in [1.54, 1.807) is 0 Å². The number of carbonyl (C=O) groups excluding carboxylic acids is 1. The van der Waals surface area contributed by atoms with Gasteiger partial charge in [-0.05, 0) is 47.7 Å². The van der Waals surface area contributed by atoms with E-state index in [1.165, 1.54) is 31.3 Å². The first-order valence-electron chi connectivity index (χ1n) is 10.5. The minimum absolute atomic E-state index is 0.0344. The van der Waals surface area contributed by atoms with Crippen LogP contribution in [0.5, 0.6) is 0 Å². The lowest BCUT2D eigenvalue weighted by Crippen LogP contribution is -2.16. The summed E-state index contributed by atoms with van der Waals surface area (Å²) in [6, 6.07) is 6.61. The molecule has 1 aliphatic carbocycles. The fraction of sp³-hybridized carbons (Fsp3) is 0.304. The number of halogens is 1. The van der Waals surface area contributed by atoms with E-state index >= 15 is 0 Å². The van der Waals surface area contributed by atoms with Gasteiger partial charge in [0.05, 0.1) is 6.42 Å². The Morgan fingerprint density at radius 1 is 1.23 bits per heavy atom. The number of fused-ring (bicyclic) bond motifs is 1. The molecule has 0 unspecified atom stereocenters. The van der Waals surface area contributed by atoms with Crippen LogP contribution in [0.2, 0.25) is 0 Å². The summed E-state index contributed by atoms with van der Waals surface area (Å²) in [6.45, 7) is 0. The Bertz CT molecular complexity index is 1250. The lowest BCUT2D eigenvalue weighted by molar-refractivity contribution is -0.115. The molecule has 31 heavy (non-hydrogen) atoms. The maximum Gasteiger partial charge on any atom is 0.230 e. The van der Waals surface area contributed by atoms with Gasteiger partial charge in [0.2, 0.25) is 5.91 Å². The van der Waals surface area contributed by atoms with Gasteiger partial charge in [-0.2, -0.15) is 0 Å². The number of nitrogens with zero attached hydrogens (tertiary/aromatic N) is 4. The molecule has 0 bridgehead atoms. The first kappa shape index (κ1) is 19.4. The Kier molecular flexibility index (Phi) is 4.97. The van der Waals surface area contributed by atoms with Gasteiger partial charge in [-0.3, -0.25) is 4.79 Å². The number of hydrogen-bond donors (Lipinski definition) is 2. The number of H-pyrrole nitrogens is 1. The van der Waals surface area contributed by atoms with Crippen molar-refractivity contribution in [1.29, 1.82) is 0 Å². The molecule has 1 aromatic carbocycles. The highest BCUT2D eigenvalue weighted by atomic mass is 19.1. The van der Waals surface area contributed by atoms with Gasteiger partial charge in [0.15, 0.2) is 11.5 Å².